The first-order valence-electron chi connectivity index (χ1n) is 8.87. The molecule has 11 heteroatoms. The summed E-state index contributed by atoms with van der Waals surface area (Å²) in [6.07, 6.45) is 2.74. The van der Waals surface area contributed by atoms with Crippen molar-refractivity contribution in [3.05, 3.63) is 37.0 Å². The highest BCUT2D eigenvalue weighted by Crippen LogP contribution is 2.25. The molecule has 0 aromatic carbocycles. The van der Waals surface area contributed by atoms with Gasteiger partial charge in [-0.15, -0.1) is 0 Å². The van der Waals surface area contributed by atoms with Gasteiger partial charge in [0.2, 0.25) is 6.17 Å². The molecule has 1 unspecified atom stereocenters. The molecule has 2 rings (SSSR count). The number of ether oxygens (including phenoxy) is 2. The number of amides is 4. The van der Waals surface area contributed by atoms with Crippen molar-refractivity contribution in [3.63, 3.8) is 0 Å². The number of hydrogen-bond acceptors (Lipinski definition) is 9. The molecule has 0 aliphatic carbocycles. The van der Waals surface area contributed by atoms with Crippen molar-refractivity contribution in [1.29, 1.82) is 0 Å². The Morgan fingerprint density at radius 1 is 1.00 bits per heavy atom. The Kier molecular flexibility index (Phi) is 7.01. The Labute approximate surface area is 171 Å². The van der Waals surface area contributed by atoms with Gasteiger partial charge >= 0.3 is 11.9 Å². The van der Waals surface area contributed by atoms with E-state index < -0.39 is 60.4 Å². The Morgan fingerprint density at radius 3 is 1.80 bits per heavy atom. The van der Waals surface area contributed by atoms with Crippen molar-refractivity contribution in [2.24, 2.45) is 5.41 Å². The summed E-state index contributed by atoms with van der Waals surface area (Å²) in [5, 5.41) is 9.74. The molecule has 4 amide bonds. The van der Waals surface area contributed by atoms with Crippen molar-refractivity contribution in [2.75, 3.05) is 19.8 Å². The number of rotatable bonds is 10. The number of esters is 2. The topological polar surface area (TPSA) is 148 Å². The molecular formula is C19H20N2O9. The van der Waals surface area contributed by atoms with Gasteiger partial charge in [-0.3, -0.25) is 19.2 Å². The number of carbonyl (C=O) groups excluding carboxylic acids is 6. The van der Waals surface area contributed by atoms with E-state index in [0.717, 1.165) is 30.4 Å². The third-order valence-corrected chi connectivity index (χ3v) is 4.68. The molecular weight excluding hydrogens is 400 g/mol. The minimum atomic E-state index is -1.96. The predicted molar refractivity (Wildman–Crippen MR) is 97.7 cm³/mol. The van der Waals surface area contributed by atoms with Crippen molar-refractivity contribution < 1.29 is 43.3 Å². The van der Waals surface area contributed by atoms with E-state index in [2.05, 4.69) is 6.58 Å². The molecule has 0 bridgehead atoms. The highest BCUT2D eigenvalue weighted by Gasteiger charge is 2.47. The van der Waals surface area contributed by atoms with Gasteiger partial charge in [0.1, 0.15) is 13.2 Å². The molecule has 0 saturated carbocycles. The van der Waals surface area contributed by atoms with Gasteiger partial charge in [0.15, 0.2) is 0 Å². The maximum absolute atomic E-state index is 12.8. The molecule has 11 nitrogen and oxygen atoms in total. The van der Waals surface area contributed by atoms with Crippen LogP contribution in [0.25, 0.3) is 0 Å². The van der Waals surface area contributed by atoms with Gasteiger partial charge in [0, 0.05) is 30.4 Å². The monoisotopic (exact) mass is 420 g/mol. The van der Waals surface area contributed by atoms with E-state index in [1.54, 1.807) is 6.92 Å². The Morgan fingerprint density at radius 2 is 1.43 bits per heavy atom. The summed E-state index contributed by atoms with van der Waals surface area (Å²) >= 11 is 0. The lowest BCUT2D eigenvalue weighted by atomic mass is 9.88. The molecule has 0 aromatic heterocycles. The fourth-order valence-electron chi connectivity index (χ4n) is 2.66. The number of aliphatic hydroxyl groups is 1. The summed E-state index contributed by atoms with van der Waals surface area (Å²) in [5.74, 6) is -5.61. The van der Waals surface area contributed by atoms with E-state index in [0.29, 0.717) is 9.80 Å². The van der Waals surface area contributed by atoms with Crippen molar-refractivity contribution in [1.82, 2.24) is 9.80 Å². The van der Waals surface area contributed by atoms with E-state index in [-0.39, 0.29) is 13.0 Å². The summed E-state index contributed by atoms with van der Waals surface area (Å²) in [5.41, 5.74) is -1.19. The Hall–Kier alpha value is -3.60. The first kappa shape index (κ1) is 22.7. The van der Waals surface area contributed by atoms with Gasteiger partial charge in [0.05, 0.1) is 12.0 Å². The second kappa shape index (κ2) is 9.27. The summed E-state index contributed by atoms with van der Waals surface area (Å²) in [6.45, 7) is 3.59. The van der Waals surface area contributed by atoms with Gasteiger partial charge in [-0.1, -0.05) is 13.5 Å². The van der Waals surface area contributed by atoms with E-state index in [4.69, 9.17) is 9.47 Å². The van der Waals surface area contributed by atoms with Crippen LogP contribution >= 0.6 is 0 Å². The second-order valence-electron chi connectivity index (χ2n) is 6.56. The molecule has 1 N–H and O–H groups in total. The maximum Gasteiger partial charge on any atom is 0.351 e. The van der Waals surface area contributed by atoms with Crippen LogP contribution < -0.4 is 0 Å². The standard InChI is InChI=1S/C19H20N2O9/c1-3-16(27)29-10-19(4-2,9-22)11-30-18(28)17(20-12(23)5-6-13(20)24)21-14(25)7-8-15(21)26/h3,5-8,17,22H,1,4,9-11H2,2H3. The van der Waals surface area contributed by atoms with Crippen LogP contribution in [-0.4, -0.2) is 76.5 Å². The van der Waals surface area contributed by atoms with E-state index in [1.165, 1.54) is 0 Å². The summed E-state index contributed by atoms with van der Waals surface area (Å²) < 4.78 is 10.1. The SMILES string of the molecule is C=CC(=O)OCC(CC)(CO)COC(=O)C(N1C(=O)C=CC1=O)N1C(=O)C=CC1=O. The van der Waals surface area contributed by atoms with Crippen LogP contribution in [0.1, 0.15) is 13.3 Å². The maximum atomic E-state index is 12.8. The smallest absolute Gasteiger partial charge is 0.351 e. The van der Waals surface area contributed by atoms with Crippen LogP contribution in [0.4, 0.5) is 0 Å². The highest BCUT2D eigenvalue weighted by molar-refractivity contribution is 6.19. The number of carbonyl (C=O) groups is 6. The van der Waals surface area contributed by atoms with Gasteiger partial charge in [0.25, 0.3) is 23.6 Å². The minimum absolute atomic E-state index is 0.220. The Bertz CT molecular complexity index is 776. The molecule has 0 aromatic rings. The number of nitrogens with zero attached hydrogens (tertiary/aromatic N) is 2. The third kappa shape index (κ3) is 4.51. The summed E-state index contributed by atoms with van der Waals surface area (Å²) in [6, 6.07) is 0. The molecule has 30 heavy (non-hydrogen) atoms. The van der Waals surface area contributed by atoms with Crippen LogP contribution in [0.5, 0.6) is 0 Å². The highest BCUT2D eigenvalue weighted by atomic mass is 16.6. The fraction of sp³-hybridized carbons (Fsp3) is 0.368. The molecule has 0 fully saturated rings. The van der Waals surface area contributed by atoms with E-state index >= 15 is 0 Å². The van der Waals surface area contributed by atoms with Gasteiger partial charge < -0.3 is 14.6 Å². The zero-order valence-electron chi connectivity index (χ0n) is 16.1. The van der Waals surface area contributed by atoms with Crippen molar-refractivity contribution in [3.8, 4) is 0 Å². The van der Waals surface area contributed by atoms with E-state index in [9.17, 15) is 33.9 Å². The summed E-state index contributed by atoms with van der Waals surface area (Å²) in [4.78, 5) is 73.2. The fourth-order valence-corrected chi connectivity index (χ4v) is 2.66. The number of hydrogen-bond donors (Lipinski definition) is 1. The summed E-state index contributed by atoms with van der Waals surface area (Å²) in [7, 11) is 0. The normalized spacial score (nSPS) is 17.7. The lowest BCUT2D eigenvalue weighted by Gasteiger charge is -2.33. The molecule has 0 radical (unpaired) electrons. The first-order chi connectivity index (χ1) is 14.2. The van der Waals surface area contributed by atoms with Crippen LogP contribution in [0.15, 0.2) is 37.0 Å². The zero-order chi connectivity index (χ0) is 22.5. The molecule has 1 atom stereocenters. The molecule has 0 spiro atoms. The van der Waals surface area contributed by atoms with Crippen LogP contribution in [-0.2, 0) is 38.2 Å². The van der Waals surface area contributed by atoms with E-state index in [1.807, 2.05) is 0 Å². The van der Waals surface area contributed by atoms with Crippen LogP contribution in [0.3, 0.4) is 0 Å². The molecule has 160 valence electrons. The molecule has 2 heterocycles. The number of aliphatic hydroxyl groups excluding tert-OH is 1. The average molecular weight is 420 g/mol. The minimum Gasteiger partial charge on any atom is -0.462 e. The van der Waals surface area contributed by atoms with Crippen molar-refractivity contribution >= 4 is 35.6 Å². The average Bonchev–Trinajstić information content (AvgIpc) is 3.25. The largest absolute Gasteiger partial charge is 0.462 e. The quantitative estimate of drug-likeness (QED) is 0.262. The number of imide groups is 2. The predicted octanol–water partition coefficient (Wildman–Crippen LogP) is -1.18. The third-order valence-electron chi connectivity index (χ3n) is 4.68. The Balaban J connectivity index is 2.23. The molecule has 2 aliphatic heterocycles. The van der Waals surface area contributed by atoms with Crippen LogP contribution in [0, 0.1) is 5.41 Å². The van der Waals surface area contributed by atoms with Crippen molar-refractivity contribution in [2.45, 2.75) is 19.5 Å². The first-order valence-corrected chi connectivity index (χ1v) is 8.87. The lowest BCUT2D eigenvalue weighted by Crippen LogP contribution is -2.58. The second-order valence-corrected chi connectivity index (χ2v) is 6.56. The zero-order valence-corrected chi connectivity index (χ0v) is 16.1. The molecule has 0 saturated heterocycles. The van der Waals surface area contributed by atoms with Gasteiger partial charge in [-0.05, 0) is 6.42 Å². The van der Waals surface area contributed by atoms with Gasteiger partial charge in [-0.2, -0.15) is 0 Å². The van der Waals surface area contributed by atoms with Gasteiger partial charge in [-0.25, -0.2) is 19.4 Å². The van der Waals surface area contributed by atoms with Crippen LogP contribution in [0.2, 0.25) is 0 Å². The molecule has 2 aliphatic rings. The lowest BCUT2D eigenvalue weighted by molar-refractivity contribution is -0.175.